The van der Waals surface area contributed by atoms with Crippen LogP contribution < -0.4 is 5.32 Å². The monoisotopic (exact) mass is 578 g/mol. The van der Waals surface area contributed by atoms with Gasteiger partial charge >= 0.3 is 0 Å². The number of benzene rings is 3. The van der Waals surface area contributed by atoms with Crippen molar-refractivity contribution in [3.63, 3.8) is 0 Å². The van der Waals surface area contributed by atoms with E-state index < -0.39 is 6.04 Å². The Balaban J connectivity index is 1.61. The lowest BCUT2D eigenvalue weighted by Crippen LogP contribution is -2.52. The number of aryl methyl sites for hydroxylation is 1. The van der Waals surface area contributed by atoms with Gasteiger partial charge in [-0.1, -0.05) is 117 Å². The summed E-state index contributed by atoms with van der Waals surface area (Å²) < 4.78 is 0. The zero-order valence-corrected chi connectivity index (χ0v) is 25.3. The molecule has 0 unspecified atom stereocenters. The predicted octanol–water partition coefficient (Wildman–Crippen LogP) is 7.92. The van der Waals surface area contributed by atoms with E-state index in [1.54, 1.807) is 17.0 Å². The van der Waals surface area contributed by atoms with E-state index in [2.05, 4.69) is 50.4 Å². The van der Waals surface area contributed by atoms with E-state index in [1.165, 1.54) is 5.56 Å². The molecule has 2 amide bonds. The van der Waals surface area contributed by atoms with Crippen LogP contribution in [0.3, 0.4) is 0 Å². The highest BCUT2D eigenvalue weighted by atomic mass is 35.5. The molecule has 6 heteroatoms. The molecule has 0 radical (unpaired) electrons. The fourth-order valence-corrected chi connectivity index (χ4v) is 5.79. The average molecular weight is 580 g/mol. The van der Waals surface area contributed by atoms with Gasteiger partial charge in [-0.05, 0) is 59.1 Å². The highest BCUT2D eigenvalue weighted by molar-refractivity contribution is 6.35. The van der Waals surface area contributed by atoms with Crippen LogP contribution in [0.2, 0.25) is 10.0 Å². The Labute approximate surface area is 249 Å². The molecule has 1 N–H and O–H groups in total. The van der Waals surface area contributed by atoms with E-state index in [-0.39, 0.29) is 29.8 Å². The normalized spacial score (nSPS) is 14.6. The molecule has 4 rings (SSSR count). The molecular weight excluding hydrogens is 539 g/mol. The molecule has 4 nitrogen and oxygen atoms in total. The largest absolute Gasteiger partial charge is 0.352 e. The van der Waals surface area contributed by atoms with Crippen LogP contribution in [0.1, 0.15) is 75.1 Å². The summed E-state index contributed by atoms with van der Waals surface area (Å²) in [6, 6.07) is 23.2. The topological polar surface area (TPSA) is 49.4 Å². The molecule has 0 heterocycles. The third-order valence-corrected chi connectivity index (χ3v) is 8.36. The Kier molecular flexibility index (Phi) is 10.3. The first kappa shape index (κ1) is 30.1. The summed E-state index contributed by atoms with van der Waals surface area (Å²) in [5.41, 5.74) is 4.20. The standard InChI is InChI=1S/C34H40Cl2N2O2/c1-34(2,3)27-17-13-24(14-18-27)15-20-32(39)38(23-26-16-19-28(35)22-30(26)36)31(21-25-9-5-4-6-10-25)33(40)37-29-11-7-8-12-29/h4-6,9-10,13-14,16-19,22,29,31H,7-8,11-12,15,20-21,23H2,1-3H3,(H,37,40)/t31-/m1/s1. The van der Waals surface area contributed by atoms with E-state index in [0.717, 1.165) is 42.4 Å². The van der Waals surface area contributed by atoms with Gasteiger partial charge in [0.05, 0.1) is 0 Å². The van der Waals surface area contributed by atoms with Gasteiger partial charge in [0.1, 0.15) is 6.04 Å². The molecular formula is C34H40Cl2N2O2. The molecule has 1 aliphatic rings. The summed E-state index contributed by atoms with van der Waals surface area (Å²) in [5.74, 6) is -0.183. The summed E-state index contributed by atoms with van der Waals surface area (Å²) in [6.07, 6.45) is 5.50. The first-order valence-corrected chi connectivity index (χ1v) is 15.0. The Morgan fingerprint density at radius 3 is 2.23 bits per heavy atom. The van der Waals surface area contributed by atoms with Crippen molar-refractivity contribution in [2.75, 3.05) is 0 Å². The zero-order valence-electron chi connectivity index (χ0n) is 23.8. The van der Waals surface area contributed by atoms with Crippen molar-refractivity contribution < 1.29 is 9.59 Å². The minimum absolute atomic E-state index is 0.0698. The van der Waals surface area contributed by atoms with E-state index >= 15 is 0 Å². The Morgan fingerprint density at radius 1 is 0.925 bits per heavy atom. The lowest BCUT2D eigenvalue weighted by molar-refractivity contribution is -0.141. The lowest BCUT2D eigenvalue weighted by atomic mass is 9.86. The maximum atomic E-state index is 14.0. The molecule has 1 aliphatic carbocycles. The van der Waals surface area contributed by atoms with Crippen LogP contribution in [0, 0.1) is 0 Å². The number of amides is 2. The van der Waals surface area contributed by atoms with Crippen molar-refractivity contribution in [1.29, 1.82) is 0 Å². The number of hydrogen-bond acceptors (Lipinski definition) is 2. The van der Waals surface area contributed by atoms with Crippen LogP contribution in [0.25, 0.3) is 0 Å². The molecule has 212 valence electrons. The second kappa shape index (κ2) is 13.7. The van der Waals surface area contributed by atoms with Crippen molar-refractivity contribution in [3.8, 4) is 0 Å². The van der Waals surface area contributed by atoms with Gasteiger partial charge in [-0.3, -0.25) is 9.59 Å². The van der Waals surface area contributed by atoms with Crippen molar-refractivity contribution in [2.45, 2.75) is 89.8 Å². The maximum Gasteiger partial charge on any atom is 0.243 e. The molecule has 3 aromatic carbocycles. The van der Waals surface area contributed by atoms with Crippen molar-refractivity contribution >= 4 is 35.0 Å². The Bertz CT molecular complexity index is 1280. The third-order valence-electron chi connectivity index (χ3n) is 7.78. The van der Waals surface area contributed by atoms with E-state index in [4.69, 9.17) is 23.2 Å². The SMILES string of the molecule is CC(C)(C)c1ccc(CCC(=O)N(Cc2ccc(Cl)cc2Cl)[C@H](Cc2ccccc2)C(=O)NC2CCCC2)cc1. The zero-order chi connectivity index (χ0) is 28.7. The molecule has 0 saturated heterocycles. The molecule has 3 aromatic rings. The fraction of sp³-hybridized carbons (Fsp3) is 0.412. The number of rotatable bonds is 10. The number of halogens is 2. The van der Waals surface area contributed by atoms with Gasteiger partial charge in [0.15, 0.2) is 0 Å². The highest BCUT2D eigenvalue weighted by Crippen LogP contribution is 2.26. The highest BCUT2D eigenvalue weighted by Gasteiger charge is 2.32. The summed E-state index contributed by atoms with van der Waals surface area (Å²) in [7, 11) is 0. The van der Waals surface area contributed by atoms with Crippen molar-refractivity contribution in [1.82, 2.24) is 10.2 Å². The van der Waals surface area contributed by atoms with Gasteiger partial charge in [0.2, 0.25) is 11.8 Å². The maximum absolute atomic E-state index is 14.0. The first-order chi connectivity index (χ1) is 19.1. The second-order valence-corrected chi connectivity index (χ2v) is 12.7. The molecule has 0 aromatic heterocycles. The smallest absolute Gasteiger partial charge is 0.243 e. The summed E-state index contributed by atoms with van der Waals surface area (Å²) in [5, 5.41) is 4.27. The van der Waals surface area contributed by atoms with Gasteiger partial charge in [-0.2, -0.15) is 0 Å². The number of carbonyl (C=O) groups is 2. The Morgan fingerprint density at radius 2 is 1.60 bits per heavy atom. The van der Waals surface area contributed by atoms with Crippen LogP contribution >= 0.6 is 23.2 Å². The van der Waals surface area contributed by atoms with Crippen molar-refractivity contribution in [3.05, 3.63) is 105 Å². The molecule has 0 aliphatic heterocycles. The van der Waals surface area contributed by atoms with E-state index in [9.17, 15) is 9.59 Å². The van der Waals surface area contributed by atoms with Gasteiger partial charge in [-0.15, -0.1) is 0 Å². The molecule has 40 heavy (non-hydrogen) atoms. The van der Waals surface area contributed by atoms with E-state index in [0.29, 0.717) is 29.3 Å². The first-order valence-electron chi connectivity index (χ1n) is 14.3. The van der Waals surface area contributed by atoms with Gasteiger partial charge in [-0.25, -0.2) is 0 Å². The Hall–Kier alpha value is -2.82. The molecule has 0 bridgehead atoms. The minimum atomic E-state index is -0.662. The summed E-state index contributed by atoms with van der Waals surface area (Å²) >= 11 is 12.7. The molecule has 1 saturated carbocycles. The molecule has 1 fully saturated rings. The summed E-state index contributed by atoms with van der Waals surface area (Å²) in [4.78, 5) is 29.5. The van der Waals surface area contributed by atoms with Gasteiger partial charge in [0, 0.05) is 35.5 Å². The van der Waals surface area contributed by atoms with E-state index in [1.807, 2.05) is 36.4 Å². The average Bonchev–Trinajstić information content (AvgIpc) is 3.43. The second-order valence-electron chi connectivity index (χ2n) is 11.9. The summed E-state index contributed by atoms with van der Waals surface area (Å²) in [6.45, 7) is 6.80. The number of hydrogen-bond donors (Lipinski definition) is 1. The number of nitrogens with one attached hydrogen (secondary N) is 1. The number of nitrogens with zero attached hydrogens (tertiary/aromatic N) is 1. The predicted molar refractivity (Wildman–Crippen MR) is 165 cm³/mol. The van der Waals surface area contributed by atoms with Crippen LogP contribution in [0.4, 0.5) is 0 Å². The molecule has 0 spiro atoms. The lowest BCUT2D eigenvalue weighted by Gasteiger charge is -2.32. The van der Waals surface area contributed by atoms with Crippen LogP contribution in [-0.4, -0.2) is 28.8 Å². The van der Waals surface area contributed by atoms with Crippen molar-refractivity contribution in [2.24, 2.45) is 0 Å². The van der Waals surface area contributed by atoms with Gasteiger partial charge < -0.3 is 10.2 Å². The van der Waals surface area contributed by atoms with Crippen LogP contribution in [-0.2, 0) is 34.4 Å². The van der Waals surface area contributed by atoms with Crippen LogP contribution in [0.5, 0.6) is 0 Å². The molecule has 1 atom stereocenters. The minimum Gasteiger partial charge on any atom is -0.352 e. The van der Waals surface area contributed by atoms with Crippen LogP contribution in [0.15, 0.2) is 72.8 Å². The third kappa shape index (κ3) is 8.34. The quantitative estimate of drug-likeness (QED) is 0.265. The van der Waals surface area contributed by atoms with Gasteiger partial charge in [0.25, 0.3) is 0 Å². The number of carbonyl (C=O) groups excluding carboxylic acids is 2. The fourth-order valence-electron chi connectivity index (χ4n) is 5.32.